The van der Waals surface area contributed by atoms with Gasteiger partial charge in [-0.05, 0) is 50.0 Å². The minimum absolute atomic E-state index is 0.0673. The number of carbonyl (C=O) groups is 1. The van der Waals surface area contributed by atoms with Crippen LogP contribution in [0.25, 0.3) is 0 Å². The van der Waals surface area contributed by atoms with Gasteiger partial charge in [-0.25, -0.2) is 0 Å². The third-order valence-corrected chi connectivity index (χ3v) is 5.53. The summed E-state index contributed by atoms with van der Waals surface area (Å²) >= 11 is 0. The minimum Gasteiger partial charge on any atom is -0.371 e. The van der Waals surface area contributed by atoms with Gasteiger partial charge in [-0.1, -0.05) is 31.2 Å². The third kappa shape index (κ3) is 5.57. The molecule has 1 heterocycles. The Kier molecular flexibility index (Phi) is 7.05. The van der Waals surface area contributed by atoms with E-state index >= 15 is 0 Å². The highest BCUT2D eigenvalue weighted by Crippen LogP contribution is 2.29. The van der Waals surface area contributed by atoms with Crippen LogP contribution in [0.4, 0.5) is 11.4 Å². The number of carbonyl (C=O) groups excluding carboxylic acids is 1. The zero-order valence-corrected chi connectivity index (χ0v) is 17.9. The summed E-state index contributed by atoms with van der Waals surface area (Å²) < 4.78 is 0. The van der Waals surface area contributed by atoms with Gasteiger partial charge in [0.1, 0.15) is 0 Å². The van der Waals surface area contributed by atoms with Crippen LogP contribution in [0.2, 0.25) is 0 Å². The molecular formula is C23H30N4O3. The molecule has 0 aliphatic carbocycles. The second kappa shape index (κ2) is 9.71. The van der Waals surface area contributed by atoms with Crippen LogP contribution in [0.1, 0.15) is 41.3 Å². The molecule has 1 amide bonds. The maximum atomic E-state index is 13.0. The number of piperidine rings is 1. The lowest BCUT2D eigenvalue weighted by atomic mass is 9.98. The second-order valence-electron chi connectivity index (χ2n) is 8.37. The summed E-state index contributed by atoms with van der Waals surface area (Å²) in [6, 6.07) is 12.7. The van der Waals surface area contributed by atoms with E-state index in [4.69, 9.17) is 0 Å². The maximum Gasteiger partial charge on any atom is 0.270 e. The Bertz CT molecular complexity index is 888. The molecule has 3 rings (SSSR count). The maximum absolute atomic E-state index is 13.0. The van der Waals surface area contributed by atoms with E-state index in [1.165, 1.54) is 17.7 Å². The molecule has 1 fully saturated rings. The average molecular weight is 411 g/mol. The molecule has 0 saturated carbocycles. The molecule has 160 valence electrons. The van der Waals surface area contributed by atoms with Crippen LogP contribution in [0.3, 0.4) is 0 Å². The first-order chi connectivity index (χ1) is 14.3. The van der Waals surface area contributed by atoms with Crippen LogP contribution >= 0.6 is 0 Å². The van der Waals surface area contributed by atoms with Crippen molar-refractivity contribution in [2.45, 2.75) is 32.9 Å². The van der Waals surface area contributed by atoms with Crippen LogP contribution in [-0.4, -0.2) is 42.9 Å². The number of amides is 1. The van der Waals surface area contributed by atoms with Crippen molar-refractivity contribution in [3.05, 3.63) is 69.3 Å². The highest BCUT2D eigenvalue weighted by Gasteiger charge is 2.23. The van der Waals surface area contributed by atoms with Gasteiger partial charge in [0.15, 0.2) is 0 Å². The van der Waals surface area contributed by atoms with Gasteiger partial charge in [0.05, 0.1) is 16.2 Å². The van der Waals surface area contributed by atoms with E-state index < -0.39 is 4.92 Å². The number of rotatable bonds is 7. The lowest BCUT2D eigenvalue weighted by Gasteiger charge is -2.33. The topological polar surface area (TPSA) is 78.7 Å². The number of benzene rings is 2. The summed E-state index contributed by atoms with van der Waals surface area (Å²) in [5.74, 6) is 0.372. The molecule has 30 heavy (non-hydrogen) atoms. The predicted octanol–water partition coefficient (Wildman–Crippen LogP) is 3.82. The van der Waals surface area contributed by atoms with Crippen molar-refractivity contribution in [2.75, 3.05) is 32.1 Å². The van der Waals surface area contributed by atoms with Gasteiger partial charge in [-0.15, -0.1) is 0 Å². The Morgan fingerprint density at radius 3 is 2.37 bits per heavy atom. The number of nitrogens with one attached hydrogen (secondary N) is 1. The highest BCUT2D eigenvalue weighted by atomic mass is 16.6. The van der Waals surface area contributed by atoms with Crippen molar-refractivity contribution in [1.82, 2.24) is 10.2 Å². The molecule has 2 aromatic carbocycles. The fourth-order valence-electron chi connectivity index (χ4n) is 3.75. The van der Waals surface area contributed by atoms with Crippen molar-refractivity contribution < 1.29 is 9.72 Å². The van der Waals surface area contributed by atoms with E-state index in [1.54, 1.807) is 6.07 Å². The molecule has 0 radical (unpaired) electrons. The van der Waals surface area contributed by atoms with E-state index in [2.05, 4.69) is 34.2 Å². The zero-order valence-electron chi connectivity index (χ0n) is 17.9. The zero-order chi connectivity index (χ0) is 21.7. The Balaban J connectivity index is 1.74. The lowest BCUT2D eigenvalue weighted by Crippen LogP contribution is -2.35. The SMILES string of the molecule is CC1CCN(c2ccc([N+](=O)[O-])cc2C(=O)NCc2ccc(CN(C)C)cc2)CC1. The molecule has 0 bridgehead atoms. The van der Waals surface area contributed by atoms with Gasteiger partial charge in [0.2, 0.25) is 0 Å². The molecule has 0 aromatic heterocycles. The molecule has 1 saturated heterocycles. The first-order valence-electron chi connectivity index (χ1n) is 10.4. The Morgan fingerprint density at radius 2 is 1.77 bits per heavy atom. The van der Waals surface area contributed by atoms with Crippen LogP contribution in [0.5, 0.6) is 0 Å². The number of nitro benzene ring substituents is 1. The number of nitrogens with zero attached hydrogens (tertiary/aromatic N) is 3. The molecule has 1 aliphatic heterocycles. The number of nitro groups is 1. The van der Waals surface area contributed by atoms with Crippen LogP contribution in [-0.2, 0) is 13.1 Å². The smallest absolute Gasteiger partial charge is 0.270 e. The first kappa shape index (κ1) is 21.8. The molecule has 0 spiro atoms. The predicted molar refractivity (Wildman–Crippen MR) is 119 cm³/mol. The van der Waals surface area contributed by atoms with Crippen LogP contribution < -0.4 is 10.2 Å². The van der Waals surface area contributed by atoms with Gasteiger partial charge in [-0.2, -0.15) is 0 Å². The molecule has 0 unspecified atom stereocenters. The molecule has 1 aliphatic rings. The monoisotopic (exact) mass is 410 g/mol. The number of hydrogen-bond donors (Lipinski definition) is 1. The van der Waals surface area contributed by atoms with Gasteiger partial charge in [-0.3, -0.25) is 14.9 Å². The molecule has 7 heteroatoms. The van der Waals surface area contributed by atoms with Gasteiger partial charge in [0, 0.05) is 38.3 Å². The third-order valence-electron chi connectivity index (χ3n) is 5.53. The number of non-ortho nitro benzene ring substituents is 1. The fourth-order valence-corrected chi connectivity index (χ4v) is 3.75. The van der Waals surface area contributed by atoms with Gasteiger partial charge >= 0.3 is 0 Å². The van der Waals surface area contributed by atoms with Crippen molar-refractivity contribution >= 4 is 17.3 Å². The fraction of sp³-hybridized carbons (Fsp3) is 0.435. The van der Waals surface area contributed by atoms with Crippen LogP contribution in [0, 0.1) is 16.0 Å². The van der Waals surface area contributed by atoms with Crippen molar-refractivity contribution in [2.24, 2.45) is 5.92 Å². The second-order valence-corrected chi connectivity index (χ2v) is 8.37. The van der Waals surface area contributed by atoms with Gasteiger partial charge < -0.3 is 15.1 Å². The number of hydrogen-bond acceptors (Lipinski definition) is 5. The van der Waals surface area contributed by atoms with Crippen molar-refractivity contribution in [3.8, 4) is 0 Å². The quantitative estimate of drug-likeness (QED) is 0.554. The molecule has 0 atom stereocenters. The summed E-state index contributed by atoms with van der Waals surface area (Å²) in [4.78, 5) is 28.0. The summed E-state index contributed by atoms with van der Waals surface area (Å²) in [5.41, 5.74) is 3.26. The Hall–Kier alpha value is -2.93. The first-order valence-corrected chi connectivity index (χ1v) is 10.4. The molecule has 1 N–H and O–H groups in total. The molecular weight excluding hydrogens is 380 g/mol. The van der Waals surface area contributed by atoms with Gasteiger partial charge in [0.25, 0.3) is 11.6 Å². The number of anilines is 1. The largest absolute Gasteiger partial charge is 0.371 e. The summed E-state index contributed by atoms with van der Waals surface area (Å²) in [5, 5.41) is 14.2. The van der Waals surface area contributed by atoms with Crippen LogP contribution in [0.15, 0.2) is 42.5 Å². The Labute approximate surface area is 177 Å². The van der Waals surface area contributed by atoms with Crippen molar-refractivity contribution in [1.29, 1.82) is 0 Å². The summed E-state index contributed by atoms with van der Waals surface area (Å²) in [6.07, 6.45) is 2.11. The highest BCUT2D eigenvalue weighted by molar-refractivity contribution is 6.00. The lowest BCUT2D eigenvalue weighted by molar-refractivity contribution is -0.384. The van der Waals surface area contributed by atoms with E-state index in [0.29, 0.717) is 18.0 Å². The molecule has 2 aromatic rings. The van der Waals surface area contributed by atoms with E-state index in [1.807, 2.05) is 26.2 Å². The van der Waals surface area contributed by atoms with Crippen molar-refractivity contribution in [3.63, 3.8) is 0 Å². The van der Waals surface area contributed by atoms with E-state index in [0.717, 1.165) is 43.7 Å². The summed E-state index contributed by atoms with van der Waals surface area (Å²) in [6.45, 7) is 5.17. The molecule has 7 nitrogen and oxygen atoms in total. The summed E-state index contributed by atoms with van der Waals surface area (Å²) in [7, 11) is 4.04. The Morgan fingerprint density at radius 1 is 1.13 bits per heavy atom. The van der Waals surface area contributed by atoms with E-state index in [9.17, 15) is 14.9 Å². The minimum atomic E-state index is -0.456. The average Bonchev–Trinajstić information content (AvgIpc) is 2.73. The standard InChI is InChI=1S/C23H30N4O3/c1-17-10-12-26(13-11-17)22-9-8-20(27(29)30)14-21(22)23(28)24-15-18-4-6-19(7-5-18)16-25(2)3/h4-9,14,17H,10-13,15-16H2,1-3H3,(H,24,28). The normalized spacial score (nSPS) is 14.7. The van der Waals surface area contributed by atoms with E-state index in [-0.39, 0.29) is 11.6 Å².